The number of halogens is 3. The number of aliphatic hydroxyl groups is 5. The van der Waals surface area contributed by atoms with E-state index in [0.717, 1.165) is 0 Å². The van der Waals surface area contributed by atoms with Gasteiger partial charge in [-0.3, -0.25) is 14.4 Å². The van der Waals surface area contributed by atoms with Crippen molar-refractivity contribution in [3.8, 4) is 0 Å². The molecule has 0 aromatic heterocycles. The standard InChI is InChI=1S/C16H20I3N3O8/c17-11-9(15(29)20-6(1-23)2-24)12(18)14(22-8(28)5-27)13(19)10(11)16(30)21-7(3-25)4-26/h6-7,23-27H,1-5H2,(H,20,29)(H,21,30)(H,22,28). The van der Waals surface area contributed by atoms with Gasteiger partial charge in [-0.1, -0.05) is 0 Å². The van der Waals surface area contributed by atoms with Crippen molar-refractivity contribution < 1.29 is 39.9 Å². The van der Waals surface area contributed by atoms with Crippen LogP contribution in [0.15, 0.2) is 0 Å². The molecule has 0 fully saturated rings. The van der Waals surface area contributed by atoms with Gasteiger partial charge in [0.05, 0.1) is 62.5 Å². The molecular formula is C16H20I3N3O8. The largest absolute Gasteiger partial charge is 0.394 e. The second-order valence-electron chi connectivity index (χ2n) is 5.84. The van der Waals surface area contributed by atoms with Gasteiger partial charge in [0.1, 0.15) is 6.61 Å². The number of carbonyl (C=O) groups is 3. The molecule has 0 bridgehead atoms. The molecule has 0 aliphatic carbocycles. The molecule has 0 saturated carbocycles. The number of anilines is 1. The van der Waals surface area contributed by atoms with Crippen LogP contribution in [0, 0.1) is 10.7 Å². The number of amides is 3. The normalized spacial score (nSPS) is 11.0. The predicted octanol–water partition coefficient (Wildman–Crippen LogP) is -1.40. The molecule has 0 radical (unpaired) electrons. The van der Waals surface area contributed by atoms with Gasteiger partial charge in [-0.25, -0.2) is 0 Å². The van der Waals surface area contributed by atoms with Crippen LogP contribution >= 0.6 is 67.8 Å². The van der Waals surface area contributed by atoms with E-state index in [4.69, 9.17) is 5.11 Å². The molecule has 11 nitrogen and oxygen atoms in total. The Morgan fingerprint density at radius 2 is 1.07 bits per heavy atom. The average Bonchev–Trinajstić information content (AvgIpc) is 2.72. The van der Waals surface area contributed by atoms with E-state index < -0.39 is 62.8 Å². The summed E-state index contributed by atoms with van der Waals surface area (Å²) in [6, 6.07) is -1.88. The molecule has 0 heterocycles. The van der Waals surface area contributed by atoms with Crippen molar-refractivity contribution in [2.45, 2.75) is 12.1 Å². The lowest BCUT2D eigenvalue weighted by Crippen LogP contribution is -2.42. The average molecular weight is 763 g/mol. The van der Waals surface area contributed by atoms with Crippen LogP contribution in [0.5, 0.6) is 0 Å². The number of benzene rings is 1. The molecule has 1 aromatic rings. The van der Waals surface area contributed by atoms with Crippen molar-refractivity contribution in [3.05, 3.63) is 21.8 Å². The zero-order chi connectivity index (χ0) is 23.0. The summed E-state index contributed by atoms with van der Waals surface area (Å²) in [6.45, 7) is -2.90. The second kappa shape index (κ2) is 13.2. The number of nitrogens with one attached hydrogen (secondary N) is 3. The predicted molar refractivity (Wildman–Crippen MR) is 131 cm³/mol. The van der Waals surface area contributed by atoms with Crippen molar-refractivity contribution in [2.24, 2.45) is 0 Å². The van der Waals surface area contributed by atoms with Gasteiger partial charge in [0.2, 0.25) is 5.91 Å². The monoisotopic (exact) mass is 763 g/mol. The fraction of sp³-hybridized carbons (Fsp3) is 0.438. The highest BCUT2D eigenvalue weighted by Crippen LogP contribution is 2.35. The summed E-state index contributed by atoms with van der Waals surface area (Å²) < 4.78 is 0.753. The maximum absolute atomic E-state index is 12.8. The summed E-state index contributed by atoms with van der Waals surface area (Å²) in [5.41, 5.74) is 0.123. The van der Waals surface area contributed by atoms with Gasteiger partial charge in [-0.05, 0) is 67.8 Å². The fourth-order valence-corrected chi connectivity index (χ4v) is 6.58. The maximum atomic E-state index is 12.8. The Morgan fingerprint density at radius 1 is 0.700 bits per heavy atom. The first-order chi connectivity index (χ1) is 14.2. The molecule has 14 heteroatoms. The molecule has 0 saturated heterocycles. The molecule has 0 aliphatic rings. The first kappa shape index (κ1) is 27.7. The maximum Gasteiger partial charge on any atom is 0.253 e. The van der Waals surface area contributed by atoms with Gasteiger partial charge >= 0.3 is 0 Å². The van der Waals surface area contributed by atoms with Crippen LogP contribution in [0.3, 0.4) is 0 Å². The van der Waals surface area contributed by atoms with E-state index in [1.807, 2.05) is 0 Å². The minimum absolute atomic E-state index is 0.00597. The first-order valence-electron chi connectivity index (χ1n) is 8.32. The lowest BCUT2D eigenvalue weighted by molar-refractivity contribution is -0.118. The molecule has 0 aliphatic heterocycles. The van der Waals surface area contributed by atoms with Crippen molar-refractivity contribution in [1.82, 2.24) is 10.6 Å². The molecule has 30 heavy (non-hydrogen) atoms. The van der Waals surface area contributed by atoms with Crippen molar-refractivity contribution >= 4 is 91.2 Å². The van der Waals surface area contributed by atoms with Crippen LogP contribution in [0.4, 0.5) is 5.69 Å². The summed E-state index contributed by atoms with van der Waals surface area (Å²) in [5, 5.41) is 53.3. The van der Waals surface area contributed by atoms with Crippen LogP contribution in [0.1, 0.15) is 20.7 Å². The van der Waals surface area contributed by atoms with E-state index in [1.54, 1.807) is 67.8 Å². The Bertz CT molecular complexity index is 747. The Kier molecular flexibility index (Phi) is 12.2. The Hall–Kier alpha value is -0.380. The summed E-state index contributed by atoms with van der Waals surface area (Å²) in [7, 11) is 0. The lowest BCUT2D eigenvalue weighted by atomic mass is 10.1. The molecule has 0 spiro atoms. The molecule has 3 amide bonds. The van der Waals surface area contributed by atoms with E-state index in [1.165, 1.54) is 0 Å². The highest BCUT2D eigenvalue weighted by Gasteiger charge is 2.30. The molecule has 8 N–H and O–H groups in total. The summed E-state index contributed by atoms with van der Waals surface area (Å²) in [6.07, 6.45) is 0. The van der Waals surface area contributed by atoms with E-state index in [2.05, 4.69) is 16.0 Å². The number of aliphatic hydroxyl groups excluding tert-OH is 5. The van der Waals surface area contributed by atoms with E-state index in [-0.39, 0.29) is 27.5 Å². The molecule has 0 unspecified atom stereocenters. The van der Waals surface area contributed by atoms with Crippen LogP contribution in [-0.4, -0.2) is 88.4 Å². The first-order valence-corrected chi connectivity index (χ1v) is 11.6. The number of rotatable bonds is 10. The third-order valence-corrected chi connectivity index (χ3v) is 6.97. The van der Waals surface area contributed by atoms with Crippen LogP contribution in [0.25, 0.3) is 0 Å². The van der Waals surface area contributed by atoms with Gasteiger partial charge in [0.15, 0.2) is 0 Å². The summed E-state index contributed by atoms with van der Waals surface area (Å²) in [5.74, 6) is -2.18. The number of hydrogen-bond acceptors (Lipinski definition) is 8. The Morgan fingerprint density at radius 3 is 1.37 bits per heavy atom. The number of hydrogen-bond donors (Lipinski definition) is 8. The minimum atomic E-state index is -0.940. The summed E-state index contributed by atoms with van der Waals surface area (Å²) in [4.78, 5) is 37.4. The number of carbonyl (C=O) groups excluding carboxylic acids is 3. The zero-order valence-corrected chi connectivity index (χ0v) is 21.8. The van der Waals surface area contributed by atoms with Crippen molar-refractivity contribution in [2.75, 3.05) is 38.4 Å². The van der Waals surface area contributed by atoms with Crippen LogP contribution in [-0.2, 0) is 4.79 Å². The zero-order valence-electron chi connectivity index (χ0n) is 15.3. The Labute approximate surface area is 212 Å². The van der Waals surface area contributed by atoms with Gasteiger partial charge in [-0.15, -0.1) is 0 Å². The van der Waals surface area contributed by atoms with Gasteiger partial charge in [-0.2, -0.15) is 0 Å². The molecule has 168 valence electrons. The fourth-order valence-electron chi connectivity index (χ4n) is 2.16. The van der Waals surface area contributed by atoms with E-state index in [0.29, 0.717) is 0 Å². The lowest BCUT2D eigenvalue weighted by Gasteiger charge is -2.22. The van der Waals surface area contributed by atoms with Crippen LogP contribution < -0.4 is 16.0 Å². The van der Waals surface area contributed by atoms with Gasteiger partial charge in [0, 0.05) is 3.57 Å². The topological polar surface area (TPSA) is 188 Å². The molecule has 0 atom stereocenters. The summed E-state index contributed by atoms with van der Waals surface area (Å²) >= 11 is 5.39. The third-order valence-electron chi connectivity index (χ3n) is 3.73. The quantitative estimate of drug-likeness (QED) is 0.134. The molecule has 1 aromatic carbocycles. The smallest absolute Gasteiger partial charge is 0.253 e. The molecular weight excluding hydrogens is 743 g/mol. The van der Waals surface area contributed by atoms with Crippen LogP contribution in [0.2, 0.25) is 0 Å². The molecule has 1 rings (SSSR count). The van der Waals surface area contributed by atoms with Gasteiger partial charge < -0.3 is 41.5 Å². The Balaban J connectivity index is 3.63. The van der Waals surface area contributed by atoms with Crippen molar-refractivity contribution in [1.29, 1.82) is 0 Å². The SMILES string of the molecule is O=C(CO)Nc1c(I)c(C(=O)NC(CO)CO)c(I)c(C(=O)NC(CO)CO)c1I. The highest BCUT2D eigenvalue weighted by molar-refractivity contribution is 14.1. The van der Waals surface area contributed by atoms with Crippen molar-refractivity contribution in [3.63, 3.8) is 0 Å². The third kappa shape index (κ3) is 6.81. The van der Waals surface area contributed by atoms with E-state index >= 15 is 0 Å². The second-order valence-corrected chi connectivity index (χ2v) is 9.08. The van der Waals surface area contributed by atoms with Gasteiger partial charge in [0.25, 0.3) is 11.8 Å². The highest BCUT2D eigenvalue weighted by atomic mass is 127. The minimum Gasteiger partial charge on any atom is -0.394 e. The van der Waals surface area contributed by atoms with E-state index in [9.17, 15) is 34.8 Å².